The maximum atomic E-state index is 12.9. The van der Waals surface area contributed by atoms with Gasteiger partial charge in [-0.15, -0.1) is 4.68 Å². The second-order valence-corrected chi connectivity index (χ2v) is 5.70. The maximum Gasteiger partial charge on any atom is 0.417 e. The van der Waals surface area contributed by atoms with E-state index >= 15 is 0 Å². The fraction of sp³-hybridized carbons (Fsp3) is 0.125. The summed E-state index contributed by atoms with van der Waals surface area (Å²) in [5.74, 6) is 4.79. The number of nitrogens with two attached hydrogens (primary N) is 2. The molecule has 0 saturated carbocycles. The summed E-state index contributed by atoms with van der Waals surface area (Å²) in [6.45, 7) is -0.171. The topological polar surface area (TPSA) is 108 Å². The lowest BCUT2D eigenvalue weighted by molar-refractivity contribution is -0.505. The maximum absolute atomic E-state index is 12.9. The molecule has 0 spiro atoms. The molecule has 7 nitrogen and oxygen atoms in total. The number of carbonyl (C=O) groups is 1. The van der Waals surface area contributed by atoms with Gasteiger partial charge in [-0.05, 0) is 30.3 Å². The third-order valence-electron chi connectivity index (χ3n) is 3.42. The number of hydrogen-bond donors (Lipinski definition) is 5. The molecule has 0 radical (unpaired) electrons. The van der Waals surface area contributed by atoms with Crippen LogP contribution in [0.25, 0.3) is 0 Å². The van der Waals surface area contributed by atoms with Gasteiger partial charge in [-0.1, -0.05) is 17.7 Å². The highest BCUT2D eigenvalue weighted by Gasteiger charge is 2.33. The number of alkyl halides is 3. The summed E-state index contributed by atoms with van der Waals surface area (Å²) in [4.78, 5) is 12.0. The fourth-order valence-corrected chi connectivity index (χ4v) is 2.40. The number of rotatable bonds is 6. The van der Waals surface area contributed by atoms with E-state index in [1.54, 1.807) is 24.3 Å². The molecule has 0 fully saturated rings. The molecule has 0 aliphatic heterocycles. The summed E-state index contributed by atoms with van der Waals surface area (Å²) in [5, 5.41) is 4.80. The molecule has 0 saturated heterocycles. The number of hydrazine groups is 2. The van der Waals surface area contributed by atoms with Crippen LogP contribution in [-0.2, 0) is 11.0 Å². The zero-order valence-corrected chi connectivity index (χ0v) is 14.6. The number of carbonyl (C=O) groups excluding carboxylic acids is 1. The number of anilines is 2. The van der Waals surface area contributed by atoms with E-state index in [1.807, 2.05) is 0 Å². The van der Waals surface area contributed by atoms with Gasteiger partial charge in [0.05, 0.1) is 17.1 Å². The minimum absolute atomic E-state index is 0.0106. The highest BCUT2D eigenvalue weighted by atomic mass is 35.5. The predicted molar refractivity (Wildman–Crippen MR) is 97.5 cm³/mol. The Kier molecular flexibility index (Phi) is 6.48. The van der Waals surface area contributed by atoms with Crippen molar-refractivity contribution in [1.29, 1.82) is 0 Å². The first-order valence-corrected chi connectivity index (χ1v) is 7.93. The highest BCUT2D eigenvalue weighted by Crippen LogP contribution is 2.36. The first-order chi connectivity index (χ1) is 12.7. The van der Waals surface area contributed by atoms with Crippen LogP contribution < -0.4 is 27.7 Å². The number of nitrogens with one attached hydrogen (secondary N) is 3. The van der Waals surface area contributed by atoms with Gasteiger partial charge in [0, 0.05) is 17.4 Å². The third-order valence-corrected chi connectivity index (χ3v) is 3.75. The van der Waals surface area contributed by atoms with Crippen molar-refractivity contribution < 1.29 is 22.7 Å². The van der Waals surface area contributed by atoms with Gasteiger partial charge in [0.15, 0.2) is 5.69 Å². The summed E-state index contributed by atoms with van der Waals surface area (Å²) in [6, 6.07) is 9.95. The summed E-state index contributed by atoms with van der Waals surface area (Å²) < 4.78 is 39.9. The Morgan fingerprint density at radius 2 is 1.93 bits per heavy atom. The van der Waals surface area contributed by atoms with E-state index in [-0.39, 0.29) is 12.2 Å². The van der Waals surface area contributed by atoms with Crippen molar-refractivity contribution in [2.75, 3.05) is 17.2 Å². The standard InChI is InChI=1S/C16H16ClF3N6O/c17-14-5-4-11(7-13(14)16(18,19)20)24-15(27)8-23-10-2-1-3-12(6-10)26(9-21)25-22/h1-7,9,21,23,25H,8,22H2,(H,24,27)/p+1. The lowest BCUT2D eigenvalue weighted by atomic mass is 10.2. The molecule has 2 rings (SSSR count). The van der Waals surface area contributed by atoms with Crippen LogP contribution in [0.5, 0.6) is 0 Å². The first kappa shape index (κ1) is 20.3. The zero-order valence-electron chi connectivity index (χ0n) is 13.8. The smallest absolute Gasteiger partial charge is 0.376 e. The quantitative estimate of drug-likeness (QED) is 0.168. The Hall–Kier alpha value is -2.98. The minimum Gasteiger partial charge on any atom is -0.376 e. The van der Waals surface area contributed by atoms with Crippen LogP contribution in [0.3, 0.4) is 0 Å². The molecule has 7 N–H and O–H groups in total. The van der Waals surface area contributed by atoms with Gasteiger partial charge in [-0.2, -0.15) is 18.7 Å². The summed E-state index contributed by atoms with van der Waals surface area (Å²) in [7, 11) is 0. The van der Waals surface area contributed by atoms with Crippen LogP contribution in [0.2, 0.25) is 5.02 Å². The monoisotopic (exact) mass is 401 g/mol. The second kappa shape index (κ2) is 8.60. The van der Waals surface area contributed by atoms with Crippen molar-refractivity contribution in [3.8, 4) is 0 Å². The normalized spacial score (nSPS) is 11.8. The van der Waals surface area contributed by atoms with Gasteiger partial charge in [0.25, 0.3) is 6.34 Å². The average molecular weight is 402 g/mol. The van der Waals surface area contributed by atoms with E-state index in [9.17, 15) is 18.0 Å². The summed E-state index contributed by atoms with van der Waals surface area (Å²) >= 11 is 5.55. The Bertz CT molecular complexity index is 856. The third kappa shape index (κ3) is 5.50. The second-order valence-electron chi connectivity index (χ2n) is 5.29. The number of nitrogens with zero attached hydrogens (tertiary/aromatic N) is 1. The Morgan fingerprint density at radius 3 is 2.56 bits per heavy atom. The lowest BCUT2D eigenvalue weighted by Gasteiger charge is -2.12. The molecule has 2 aromatic carbocycles. The number of benzene rings is 2. The molecule has 0 atom stereocenters. The average Bonchev–Trinajstić information content (AvgIpc) is 2.62. The van der Waals surface area contributed by atoms with Crippen LogP contribution in [-0.4, -0.2) is 23.5 Å². The van der Waals surface area contributed by atoms with E-state index in [2.05, 4.69) is 16.2 Å². The van der Waals surface area contributed by atoms with Crippen molar-refractivity contribution in [2.45, 2.75) is 6.18 Å². The Labute approximate surface area is 157 Å². The lowest BCUT2D eigenvalue weighted by Crippen LogP contribution is -2.34. The van der Waals surface area contributed by atoms with Crippen molar-refractivity contribution in [1.82, 2.24) is 5.53 Å². The first-order valence-electron chi connectivity index (χ1n) is 7.55. The predicted octanol–water partition coefficient (Wildman–Crippen LogP) is 2.42. The highest BCUT2D eigenvalue weighted by molar-refractivity contribution is 6.31. The molecule has 144 valence electrons. The van der Waals surface area contributed by atoms with Crippen LogP contribution in [0, 0.1) is 0 Å². The molecule has 1 amide bonds. The number of halogens is 4. The SMILES string of the molecule is N/C=[N+](\NN)c1cccc(NCC(=O)Nc2ccc(Cl)c(C(F)(F)F)c2)c1. The molecule has 0 aliphatic carbocycles. The van der Waals surface area contributed by atoms with E-state index in [0.29, 0.717) is 11.4 Å². The minimum atomic E-state index is -4.61. The van der Waals surface area contributed by atoms with E-state index < -0.39 is 22.7 Å². The van der Waals surface area contributed by atoms with Gasteiger partial charge in [-0.25, -0.2) is 5.84 Å². The van der Waals surface area contributed by atoms with Crippen LogP contribution in [0.15, 0.2) is 42.5 Å². The largest absolute Gasteiger partial charge is 0.417 e. The van der Waals surface area contributed by atoms with Gasteiger partial charge in [0.2, 0.25) is 5.91 Å². The van der Waals surface area contributed by atoms with Crippen LogP contribution >= 0.6 is 11.6 Å². The van der Waals surface area contributed by atoms with E-state index in [1.165, 1.54) is 17.1 Å². The molecule has 2 aromatic rings. The van der Waals surface area contributed by atoms with E-state index in [4.69, 9.17) is 23.2 Å². The van der Waals surface area contributed by atoms with E-state index in [0.717, 1.165) is 12.1 Å². The molecule has 0 unspecified atom stereocenters. The molecular formula is C16H17ClF3N6O+. The number of hydrogen-bond acceptors (Lipinski definition) is 4. The Balaban J connectivity index is 2.02. The van der Waals surface area contributed by atoms with Crippen LogP contribution in [0.4, 0.5) is 30.2 Å². The molecule has 0 aromatic heterocycles. The summed E-state index contributed by atoms with van der Waals surface area (Å²) in [5.41, 5.74) is 7.93. The molecular weight excluding hydrogens is 385 g/mol. The van der Waals surface area contributed by atoms with Crippen molar-refractivity contribution in [3.05, 3.63) is 53.1 Å². The van der Waals surface area contributed by atoms with Crippen molar-refractivity contribution in [2.24, 2.45) is 11.6 Å². The van der Waals surface area contributed by atoms with Gasteiger partial charge < -0.3 is 10.6 Å². The van der Waals surface area contributed by atoms with Crippen molar-refractivity contribution in [3.63, 3.8) is 0 Å². The van der Waals surface area contributed by atoms with Crippen molar-refractivity contribution >= 4 is 40.9 Å². The molecule has 0 bridgehead atoms. The summed E-state index contributed by atoms with van der Waals surface area (Å²) in [6.07, 6.45) is -3.40. The zero-order chi connectivity index (χ0) is 20.0. The molecule has 11 heteroatoms. The molecule has 27 heavy (non-hydrogen) atoms. The van der Waals surface area contributed by atoms with Gasteiger partial charge in [-0.3, -0.25) is 10.5 Å². The van der Waals surface area contributed by atoms with Gasteiger partial charge >= 0.3 is 6.18 Å². The fourth-order valence-electron chi connectivity index (χ4n) is 2.18. The van der Waals surface area contributed by atoms with Crippen LogP contribution in [0.1, 0.15) is 5.56 Å². The molecule has 0 aliphatic rings. The number of amides is 1. The van der Waals surface area contributed by atoms with Gasteiger partial charge in [0.1, 0.15) is 0 Å². The number of hydrazone groups is 1. The Morgan fingerprint density at radius 1 is 1.19 bits per heavy atom. The molecule has 0 heterocycles.